The van der Waals surface area contributed by atoms with Gasteiger partial charge in [-0.25, -0.2) is 0 Å². The Bertz CT molecular complexity index is 3680. The molecular weight excluding hydrogens is 799 g/mol. The van der Waals surface area contributed by atoms with Crippen molar-refractivity contribution in [3.63, 3.8) is 0 Å². The van der Waals surface area contributed by atoms with Crippen molar-refractivity contribution >= 4 is 49.8 Å². The maximum absolute atomic E-state index is 6.46. The van der Waals surface area contributed by atoms with Gasteiger partial charge < -0.3 is 9.32 Å². The van der Waals surface area contributed by atoms with Gasteiger partial charge >= 0.3 is 0 Å². The molecule has 11 aromatic carbocycles. The molecule has 12 rings (SSSR count). The summed E-state index contributed by atoms with van der Waals surface area (Å²) in [6, 6.07) is 93.8. The van der Waals surface area contributed by atoms with E-state index < -0.39 is 0 Å². The number of para-hydroxylation sites is 3. The second-order valence-corrected chi connectivity index (χ2v) is 16.9. The number of rotatable bonds is 9. The van der Waals surface area contributed by atoms with E-state index in [0.717, 1.165) is 66.8 Å². The van der Waals surface area contributed by atoms with Crippen LogP contribution in [0.3, 0.4) is 0 Å². The number of furan rings is 1. The van der Waals surface area contributed by atoms with Crippen LogP contribution in [0.2, 0.25) is 0 Å². The molecule has 0 saturated carbocycles. The first-order valence-corrected chi connectivity index (χ1v) is 22.6. The summed E-state index contributed by atoms with van der Waals surface area (Å²) in [5, 5.41) is 4.77. The smallest absolute Gasteiger partial charge is 0.143 e. The van der Waals surface area contributed by atoms with E-state index in [1.54, 1.807) is 0 Å². The highest BCUT2D eigenvalue weighted by atomic mass is 16.3. The van der Waals surface area contributed by atoms with Crippen LogP contribution >= 0.6 is 0 Å². The highest BCUT2D eigenvalue weighted by molar-refractivity contribution is 6.09. The molecule has 0 amide bonds. The van der Waals surface area contributed by atoms with Gasteiger partial charge in [-0.15, -0.1) is 0 Å². The lowest BCUT2D eigenvalue weighted by Crippen LogP contribution is -2.11. The van der Waals surface area contributed by atoms with Crippen LogP contribution in [0.4, 0.5) is 17.1 Å². The molecule has 0 saturated heterocycles. The molecule has 0 aliphatic carbocycles. The first-order chi connectivity index (χ1) is 32.7. The molecule has 0 spiro atoms. The molecule has 1 heterocycles. The van der Waals surface area contributed by atoms with Crippen molar-refractivity contribution in [2.24, 2.45) is 0 Å². The van der Waals surface area contributed by atoms with Gasteiger partial charge in [-0.05, 0) is 121 Å². The molecule has 310 valence electrons. The third kappa shape index (κ3) is 7.31. The van der Waals surface area contributed by atoms with Crippen LogP contribution in [0.1, 0.15) is 0 Å². The summed E-state index contributed by atoms with van der Waals surface area (Å²) in [5.74, 6) is 0. The van der Waals surface area contributed by atoms with Crippen LogP contribution in [-0.2, 0) is 0 Å². The second kappa shape index (κ2) is 16.8. The van der Waals surface area contributed by atoms with Gasteiger partial charge in [-0.3, -0.25) is 0 Å². The van der Waals surface area contributed by atoms with Gasteiger partial charge in [0.05, 0.1) is 5.69 Å². The Kier molecular flexibility index (Phi) is 9.89. The molecule has 0 radical (unpaired) electrons. The van der Waals surface area contributed by atoms with Crippen LogP contribution in [0, 0.1) is 0 Å². The first kappa shape index (κ1) is 38.9. The SMILES string of the molecule is c1ccc(-c2cccc(-c3ccccc3N(c3ccc(-c4ccc(-c5cccc(-c6ccc7ccccc7c6)c5)cc4)cc3)c3ccc(-c4cccc5c4oc4ccccc45)cc3)c2)cc1. The van der Waals surface area contributed by atoms with E-state index in [2.05, 4.69) is 254 Å². The molecule has 0 aliphatic rings. The Hall–Kier alpha value is -8.72. The first-order valence-electron chi connectivity index (χ1n) is 22.6. The lowest BCUT2D eigenvalue weighted by atomic mass is 9.96. The van der Waals surface area contributed by atoms with E-state index in [1.165, 1.54) is 49.7 Å². The minimum atomic E-state index is 0.901. The third-order valence-corrected chi connectivity index (χ3v) is 12.9. The molecule has 2 heteroatoms. The molecule has 0 bridgehead atoms. The summed E-state index contributed by atoms with van der Waals surface area (Å²) in [5.41, 5.74) is 19.1. The minimum absolute atomic E-state index is 0.901. The van der Waals surface area contributed by atoms with E-state index in [-0.39, 0.29) is 0 Å². The van der Waals surface area contributed by atoms with Gasteiger partial charge in [0.25, 0.3) is 0 Å². The standard InChI is InChI=1S/C64H43NO/c1-2-13-44(14-3-1)52-18-11-20-55(43-52)58-21-6-8-25-62(58)65(57-39-35-49(36-40-57)59-23-12-24-61-60-22-7-9-26-63(60)66-64(59)61)56-37-33-47(34-38-56)46-27-29-48(30-28-46)51-17-10-19-53(41-51)54-32-31-45-15-4-5-16-50(45)42-54/h1-43H. The van der Waals surface area contributed by atoms with Gasteiger partial charge in [-0.1, -0.05) is 206 Å². The molecule has 66 heavy (non-hydrogen) atoms. The molecule has 1 aromatic heterocycles. The van der Waals surface area contributed by atoms with Gasteiger partial charge in [0, 0.05) is 33.3 Å². The summed E-state index contributed by atoms with van der Waals surface area (Å²) in [6.07, 6.45) is 0. The van der Waals surface area contributed by atoms with E-state index >= 15 is 0 Å². The number of anilines is 3. The second-order valence-electron chi connectivity index (χ2n) is 16.9. The quantitative estimate of drug-likeness (QED) is 0.144. The third-order valence-electron chi connectivity index (χ3n) is 12.9. The Labute approximate surface area is 384 Å². The van der Waals surface area contributed by atoms with Crippen molar-refractivity contribution in [1.82, 2.24) is 0 Å². The van der Waals surface area contributed by atoms with E-state index in [1.807, 2.05) is 12.1 Å². The van der Waals surface area contributed by atoms with E-state index in [0.29, 0.717) is 0 Å². The fourth-order valence-electron chi connectivity index (χ4n) is 9.51. The molecule has 0 N–H and O–H groups in total. The van der Waals surface area contributed by atoms with Crippen molar-refractivity contribution in [1.29, 1.82) is 0 Å². The molecule has 0 fully saturated rings. The average molecular weight is 842 g/mol. The Morgan fingerprint density at radius 1 is 0.258 bits per heavy atom. The molecule has 0 atom stereocenters. The lowest BCUT2D eigenvalue weighted by molar-refractivity contribution is 0.670. The molecule has 0 unspecified atom stereocenters. The average Bonchev–Trinajstić information content (AvgIpc) is 3.79. The normalized spacial score (nSPS) is 11.3. The maximum atomic E-state index is 6.46. The number of benzene rings is 11. The molecule has 12 aromatic rings. The van der Waals surface area contributed by atoms with Crippen LogP contribution in [0.5, 0.6) is 0 Å². The van der Waals surface area contributed by atoms with Crippen LogP contribution < -0.4 is 4.90 Å². The summed E-state index contributed by atoms with van der Waals surface area (Å²) in [7, 11) is 0. The zero-order chi connectivity index (χ0) is 43.8. The van der Waals surface area contributed by atoms with Crippen molar-refractivity contribution in [3.05, 3.63) is 261 Å². The zero-order valence-electron chi connectivity index (χ0n) is 36.2. The summed E-state index contributed by atoms with van der Waals surface area (Å²) < 4.78 is 6.46. The van der Waals surface area contributed by atoms with Crippen LogP contribution in [0.15, 0.2) is 265 Å². The summed E-state index contributed by atoms with van der Waals surface area (Å²) >= 11 is 0. The number of hydrogen-bond donors (Lipinski definition) is 0. The zero-order valence-corrected chi connectivity index (χ0v) is 36.2. The van der Waals surface area contributed by atoms with Gasteiger partial charge in [0.2, 0.25) is 0 Å². The molecular formula is C64H43NO. The summed E-state index contributed by atoms with van der Waals surface area (Å²) in [4.78, 5) is 2.38. The highest BCUT2D eigenvalue weighted by Gasteiger charge is 2.19. The fourth-order valence-corrected chi connectivity index (χ4v) is 9.51. The number of fused-ring (bicyclic) bond motifs is 4. The monoisotopic (exact) mass is 841 g/mol. The topological polar surface area (TPSA) is 16.4 Å². The van der Waals surface area contributed by atoms with E-state index in [4.69, 9.17) is 4.42 Å². The Balaban J connectivity index is 0.897. The van der Waals surface area contributed by atoms with Crippen molar-refractivity contribution in [3.8, 4) is 66.8 Å². The maximum Gasteiger partial charge on any atom is 0.143 e. The van der Waals surface area contributed by atoms with E-state index in [9.17, 15) is 0 Å². The van der Waals surface area contributed by atoms with Crippen LogP contribution in [-0.4, -0.2) is 0 Å². The van der Waals surface area contributed by atoms with Crippen molar-refractivity contribution in [2.75, 3.05) is 4.90 Å². The largest absolute Gasteiger partial charge is 0.455 e. The van der Waals surface area contributed by atoms with Gasteiger partial charge in [-0.2, -0.15) is 0 Å². The fraction of sp³-hybridized carbons (Fsp3) is 0. The van der Waals surface area contributed by atoms with Gasteiger partial charge in [0.1, 0.15) is 11.2 Å². The Morgan fingerprint density at radius 3 is 1.45 bits per heavy atom. The molecule has 0 aliphatic heterocycles. The van der Waals surface area contributed by atoms with Crippen molar-refractivity contribution < 1.29 is 4.42 Å². The summed E-state index contributed by atoms with van der Waals surface area (Å²) in [6.45, 7) is 0. The van der Waals surface area contributed by atoms with Crippen LogP contribution in [0.25, 0.3) is 99.5 Å². The van der Waals surface area contributed by atoms with Crippen molar-refractivity contribution in [2.45, 2.75) is 0 Å². The minimum Gasteiger partial charge on any atom is -0.455 e. The number of hydrogen-bond acceptors (Lipinski definition) is 2. The predicted octanol–water partition coefficient (Wildman–Crippen LogP) is 18.2. The lowest BCUT2D eigenvalue weighted by Gasteiger charge is -2.28. The van der Waals surface area contributed by atoms with Gasteiger partial charge in [0.15, 0.2) is 0 Å². The predicted molar refractivity (Wildman–Crippen MR) is 279 cm³/mol. The molecule has 2 nitrogen and oxygen atoms in total. The highest BCUT2D eigenvalue weighted by Crippen LogP contribution is 2.44. The number of nitrogens with zero attached hydrogens (tertiary/aromatic N) is 1. The Morgan fingerprint density at radius 2 is 0.712 bits per heavy atom.